The molecule has 94 valence electrons. The molecule has 0 aliphatic rings. The molecule has 0 aromatic carbocycles. The van der Waals surface area contributed by atoms with Crippen LogP contribution in [0, 0.1) is 0 Å². The zero-order valence-electron chi connectivity index (χ0n) is 8.42. The fourth-order valence-electron chi connectivity index (χ4n) is 0.385. The number of rotatable bonds is 4. The lowest BCUT2D eigenvalue weighted by atomic mass is 10.4. The molecule has 0 radical (unpaired) electrons. The SMILES string of the molecule is C.C.CC=NNNC.CNC(=O)CCN. The molecule has 6 nitrogen and oxygen atoms in total. The minimum absolute atomic E-state index is 0. The third kappa shape index (κ3) is 32.2. The number of hydrogen-bond acceptors (Lipinski definition) is 5. The van der Waals surface area contributed by atoms with E-state index in [0.717, 1.165) is 0 Å². The average Bonchev–Trinajstić information content (AvgIpc) is 2.16. The van der Waals surface area contributed by atoms with Crippen LogP contribution in [0.25, 0.3) is 0 Å². The molecule has 5 N–H and O–H groups in total. The van der Waals surface area contributed by atoms with E-state index in [1.54, 1.807) is 20.3 Å². The van der Waals surface area contributed by atoms with Crippen molar-refractivity contribution in [1.82, 2.24) is 16.3 Å². The molecule has 0 atom stereocenters. The summed E-state index contributed by atoms with van der Waals surface area (Å²) in [4.78, 5) is 10.2. The first-order valence-corrected chi connectivity index (χ1v) is 4.03. The lowest BCUT2D eigenvalue weighted by molar-refractivity contribution is -0.120. The molecule has 0 saturated heterocycles. The van der Waals surface area contributed by atoms with Gasteiger partial charge in [-0.2, -0.15) is 5.10 Å². The van der Waals surface area contributed by atoms with Gasteiger partial charge in [0.2, 0.25) is 5.91 Å². The normalized spacial score (nSPS) is 7.73. The maximum absolute atomic E-state index is 10.2. The molecule has 0 saturated carbocycles. The quantitative estimate of drug-likeness (QED) is 0.399. The Morgan fingerprint density at radius 3 is 2.07 bits per heavy atom. The first-order chi connectivity index (χ1) is 6.22. The number of hydrazone groups is 1. The summed E-state index contributed by atoms with van der Waals surface area (Å²) in [6.07, 6.45) is 2.09. The highest BCUT2D eigenvalue weighted by Gasteiger charge is 1.90. The van der Waals surface area contributed by atoms with Gasteiger partial charge < -0.3 is 11.1 Å². The number of nitrogens with two attached hydrogens (primary N) is 1. The first-order valence-electron chi connectivity index (χ1n) is 4.03. The van der Waals surface area contributed by atoms with Crippen LogP contribution < -0.4 is 22.0 Å². The van der Waals surface area contributed by atoms with Crippen LogP contribution >= 0.6 is 0 Å². The topological polar surface area (TPSA) is 91.5 Å². The van der Waals surface area contributed by atoms with Crippen molar-refractivity contribution in [3.8, 4) is 0 Å². The van der Waals surface area contributed by atoms with E-state index < -0.39 is 0 Å². The minimum atomic E-state index is 0. The predicted molar refractivity (Wildman–Crippen MR) is 67.6 cm³/mol. The highest BCUT2D eigenvalue weighted by atomic mass is 16.1. The predicted octanol–water partition coefficient (Wildman–Crippen LogP) is 0.0695. The fraction of sp³-hybridized carbons (Fsp3) is 0.778. The van der Waals surface area contributed by atoms with E-state index >= 15 is 0 Å². The number of nitrogens with one attached hydrogen (secondary N) is 3. The van der Waals surface area contributed by atoms with Gasteiger partial charge in [0.25, 0.3) is 0 Å². The largest absolute Gasteiger partial charge is 0.359 e. The number of amides is 1. The standard InChI is InChI=1S/C4H10N2O.C3H9N3.2CH4/c1-6-4(7)2-3-5;1-3-5-6-4-2;;/h2-3,5H2,1H3,(H,6,7);3-4,6H,1-2H3;2*1H4. The average molecular weight is 221 g/mol. The van der Waals surface area contributed by atoms with Gasteiger partial charge in [-0.3, -0.25) is 4.79 Å². The zero-order chi connectivity index (χ0) is 10.5. The van der Waals surface area contributed by atoms with E-state index in [-0.39, 0.29) is 20.8 Å². The third-order valence-electron chi connectivity index (χ3n) is 0.956. The molecule has 0 aliphatic heterocycles. The van der Waals surface area contributed by atoms with E-state index in [9.17, 15) is 4.79 Å². The lowest BCUT2D eigenvalue weighted by Crippen LogP contribution is -2.20. The summed E-state index contributed by atoms with van der Waals surface area (Å²) < 4.78 is 0. The first kappa shape index (κ1) is 23.6. The lowest BCUT2D eigenvalue weighted by Gasteiger charge is -1.91. The summed E-state index contributed by atoms with van der Waals surface area (Å²) >= 11 is 0. The van der Waals surface area contributed by atoms with Crippen molar-refractivity contribution in [3.63, 3.8) is 0 Å². The van der Waals surface area contributed by atoms with E-state index in [1.807, 2.05) is 6.92 Å². The van der Waals surface area contributed by atoms with E-state index in [1.165, 1.54) is 0 Å². The van der Waals surface area contributed by atoms with Gasteiger partial charge in [-0.1, -0.05) is 14.9 Å². The Kier molecular flexibility index (Phi) is 36.2. The van der Waals surface area contributed by atoms with Crippen LogP contribution in [0.5, 0.6) is 0 Å². The monoisotopic (exact) mass is 221 g/mol. The molecule has 0 rings (SSSR count). The van der Waals surface area contributed by atoms with Crippen molar-refractivity contribution < 1.29 is 4.79 Å². The molecule has 0 spiro atoms. The number of carbonyl (C=O) groups excluding carboxylic acids is 1. The Hall–Kier alpha value is -1.14. The summed E-state index contributed by atoms with van der Waals surface area (Å²) in [5.41, 5.74) is 10.2. The highest BCUT2D eigenvalue weighted by Crippen LogP contribution is 1.68. The van der Waals surface area contributed by atoms with Crippen molar-refractivity contribution in [1.29, 1.82) is 0 Å². The summed E-state index contributed by atoms with van der Waals surface area (Å²) in [7, 11) is 3.35. The molecule has 0 aromatic heterocycles. The molecule has 1 amide bonds. The molecule has 0 bridgehead atoms. The maximum atomic E-state index is 10.2. The van der Waals surface area contributed by atoms with Crippen LogP contribution in [-0.2, 0) is 4.79 Å². The molecular formula is C9H27N5O. The minimum Gasteiger partial charge on any atom is -0.359 e. The number of hydrogen-bond donors (Lipinski definition) is 4. The van der Waals surface area contributed by atoms with Gasteiger partial charge in [0.1, 0.15) is 0 Å². The molecule has 15 heavy (non-hydrogen) atoms. The number of carbonyl (C=O) groups is 1. The second-order valence-electron chi connectivity index (χ2n) is 1.96. The van der Waals surface area contributed by atoms with Crippen LogP contribution in [0.2, 0.25) is 0 Å². The van der Waals surface area contributed by atoms with Gasteiger partial charge in [-0.25, -0.2) is 11.0 Å². The fourth-order valence-corrected chi connectivity index (χ4v) is 0.385. The Morgan fingerprint density at radius 2 is 1.93 bits per heavy atom. The van der Waals surface area contributed by atoms with Gasteiger partial charge in [-0.05, 0) is 6.92 Å². The van der Waals surface area contributed by atoms with Crippen LogP contribution in [0.3, 0.4) is 0 Å². The summed E-state index contributed by atoms with van der Waals surface area (Å²) in [6.45, 7) is 2.27. The van der Waals surface area contributed by atoms with Crippen LogP contribution in [0.15, 0.2) is 5.10 Å². The molecule has 0 fully saturated rings. The van der Waals surface area contributed by atoms with Crippen molar-refractivity contribution in [2.24, 2.45) is 10.8 Å². The Morgan fingerprint density at radius 1 is 1.40 bits per heavy atom. The van der Waals surface area contributed by atoms with Crippen molar-refractivity contribution in [2.75, 3.05) is 20.6 Å². The van der Waals surface area contributed by atoms with Gasteiger partial charge in [0.05, 0.1) is 0 Å². The van der Waals surface area contributed by atoms with Gasteiger partial charge in [0.15, 0.2) is 0 Å². The zero-order valence-corrected chi connectivity index (χ0v) is 8.42. The summed E-state index contributed by atoms with van der Waals surface area (Å²) in [5.74, 6) is 0.00231. The Bertz CT molecular complexity index is 138. The Labute approximate surface area is 93.7 Å². The molecule has 0 unspecified atom stereocenters. The van der Waals surface area contributed by atoms with Crippen molar-refractivity contribution in [3.05, 3.63) is 0 Å². The molecule has 0 heterocycles. The smallest absolute Gasteiger partial charge is 0.221 e. The van der Waals surface area contributed by atoms with E-state index in [0.29, 0.717) is 13.0 Å². The highest BCUT2D eigenvalue weighted by molar-refractivity contribution is 5.75. The van der Waals surface area contributed by atoms with Gasteiger partial charge in [-0.15, -0.1) is 0 Å². The van der Waals surface area contributed by atoms with Crippen LogP contribution in [-0.4, -0.2) is 32.8 Å². The van der Waals surface area contributed by atoms with Crippen LogP contribution in [0.4, 0.5) is 0 Å². The van der Waals surface area contributed by atoms with E-state index in [2.05, 4.69) is 21.4 Å². The Balaban J connectivity index is -0.0000000718. The number of hydrazine groups is 1. The van der Waals surface area contributed by atoms with Crippen molar-refractivity contribution >= 4 is 12.1 Å². The van der Waals surface area contributed by atoms with Crippen molar-refractivity contribution in [2.45, 2.75) is 28.2 Å². The van der Waals surface area contributed by atoms with Gasteiger partial charge >= 0.3 is 0 Å². The summed E-state index contributed by atoms with van der Waals surface area (Å²) in [5, 5.41) is 6.05. The summed E-state index contributed by atoms with van der Waals surface area (Å²) in [6, 6.07) is 0. The second-order valence-corrected chi connectivity index (χ2v) is 1.96. The molecular weight excluding hydrogens is 194 g/mol. The molecule has 0 aliphatic carbocycles. The number of nitrogens with zero attached hydrogens (tertiary/aromatic N) is 1. The van der Waals surface area contributed by atoms with Crippen LogP contribution in [0.1, 0.15) is 28.2 Å². The van der Waals surface area contributed by atoms with Gasteiger partial charge in [0, 0.05) is 33.3 Å². The molecule has 0 aromatic rings. The second kappa shape index (κ2) is 23.0. The third-order valence-corrected chi connectivity index (χ3v) is 0.956. The maximum Gasteiger partial charge on any atom is 0.221 e. The molecule has 6 heteroatoms. The van der Waals surface area contributed by atoms with E-state index in [4.69, 9.17) is 5.73 Å².